The van der Waals surface area contributed by atoms with Gasteiger partial charge in [-0.3, -0.25) is 4.79 Å². The van der Waals surface area contributed by atoms with Crippen LogP contribution >= 0.6 is 0 Å². The molecule has 3 heteroatoms. The van der Waals surface area contributed by atoms with Gasteiger partial charge in [-0.25, -0.2) is 0 Å². The van der Waals surface area contributed by atoms with Gasteiger partial charge in [-0.05, 0) is 56.0 Å². The minimum Gasteiger partial charge on any atom is -0.388 e. The zero-order valence-corrected chi connectivity index (χ0v) is 13.3. The molecule has 2 aromatic rings. The Balaban J connectivity index is 2.04. The molecular formula is C19H21NO2. The molecule has 1 unspecified atom stereocenters. The monoisotopic (exact) mass is 295 g/mol. The molecule has 0 saturated heterocycles. The lowest BCUT2D eigenvalue weighted by Gasteiger charge is -2.33. The maximum Gasteiger partial charge on any atom is 0.258 e. The van der Waals surface area contributed by atoms with Crippen LogP contribution in [0.2, 0.25) is 0 Å². The second kappa shape index (κ2) is 5.58. The summed E-state index contributed by atoms with van der Waals surface area (Å²) in [5.41, 5.74) is 5.74. The Morgan fingerprint density at radius 2 is 1.86 bits per heavy atom. The number of aliphatic hydroxyl groups excluding tert-OH is 1. The van der Waals surface area contributed by atoms with Crippen molar-refractivity contribution < 1.29 is 9.90 Å². The smallest absolute Gasteiger partial charge is 0.258 e. The van der Waals surface area contributed by atoms with Crippen molar-refractivity contribution in [2.24, 2.45) is 0 Å². The van der Waals surface area contributed by atoms with Crippen molar-refractivity contribution in [2.45, 2.75) is 33.3 Å². The lowest BCUT2D eigenvalue weighted by Crippen LogP contribution is -2.37. The Morgan fingerprint density at radius 1 is 1.09 bits per heavy atom. The van der Waals surface area contributed by atoms with Gasteiger partial charge in [-0.15, -0.1) is 0 Å². The first-order chi connectivity index (χ1) is 10.5. The number of rotatable bonds is 1. The quantitative estimate of drug-likeness (QED) is 0.871. The maximum atomic E-state index is 12.9. The number of benzene rings is 2. The lowest BCUT2D eigenvalue weighted by atomic mass is 9.95. The Morgan fingerprint density at radius 3 is 2.59 bits per heavy atom. The minimum atomic E-state index is -0.487. The summed E-state index contributed by atoms with van der Waals surface area (Å²) in [4.78, 5) is 14.7. The van der Waals surface area contributed by atoms with Crippen molar-refractivity contribution in [2.75, 3.05) is 11.4 Å². The molecule has 0 aliphatic carbocycles. The van der Waals surface area contributed by atoms with Gasteiger partial charge in [0, 0.05) is 17.7 Å². The first kappa shape index (κ1) is 14.8. The summed E-state index contributed by atoms with van der Waals surface area (Å²) in [6.45, 7) is 6.59. The molecular weight excluding hydrogens is 274 g/mol. The lowest BCUT2D eigenvalue weighted by molar-refractivity contribution is 0.0970. The second-order valence-electron chi connectivity index (χ2n) is 6.07. The molecule has 0 spiro atoms. The van der Waals surface area contributed by atoms with Crippen LogP contribution in [0.5, 0.6) is 0 Å². The predicted molar refractivity (Wildman–Crippen MR) is 88.3 cm³/mol. The average Bonchev–Trinajstić information content (AvgIpc) is 2.50. The molecule has 0 bridgehead atoms. The molecule has 114 valence electrons. The first-order valence-electron chi connectivity index (χ1n) is 7.65. The van der Waals surface area contributed by atoms with Gasteiger partial charge in [0.25, 0.3) is 5.91 Å². The largest absolute Gasteiger partial charge is 0.388 e. The Labute approximate surface area is 131 Å². The van der Waals surface area contributed by atoms with Crippen LogP contribution in [0.25, 0.3) is 0 Å². The molecule has 1 heterocycles. The van der Waals surface area contributed by atoms with Crippen LogP contribution in [0.3, 0.4) is 0 Å². The highest BCUT2D eigenvalue weighted by Gasteiger charge is 2.29. The van der Waals surface area contributed by atoms with E-state index in [-0.39, 0.29) is 5.91 Å². The molecule has 0 saturated carbocycles. The highest BCUT2D eigenvalue weighted by molar-refractivity contribution is 6.07. The van der Waals surface area contributed by atoms with E-state index in [4.69, 9.17) is 0 Å². The van der Waals surface area contributed by atoms with Gasteiger partial charge < -0.3 is 10.0 Å². The molecule has 0 fully saturated rings. The fourth-order valence-electron chi connectivity index (χ4n) is 3.07. The number of carbonyl (C=O) groups is 1. The Kier molecular flexibility index (Phi) is 3.75. The molecule has 1 N–H and O–H groups in total. The number of hydrogen-bond acceptors (Lipinski definition) is 2. The van der Waals surface area contributed by atoms with Crippen molar-refractivity contribution in [3.05, 3.63) is 64.2 Å². The summed E-state index contributed by atoms with van der Waals surface area (Å²) in [6, 6.07) is 11.6. The number of carbonyl (C=O) groups excluding carboxylic acids is 1. The van der Waals surface area contributed by atoms with Crippen molar-refractivity contribution >= 4 is 11.6 Å². The van der Waals surface area contributed by atoms with Gasteiger partial charge in [0.15, 0.2) is 0 Å². The van der Waals surface area contributed by atoms with E-state index in [1.807, 2.05) is 62.1 Å². The fourth-order valence-corrected chi connectivity index (χ4v) is 3.07. The number of nitrogens with zero attached hydrogens (tertiary/aromatic N) is 1. The number of aliphatic hydroxyl groups is 1. The normalized spacial score (nSPS) is 17.3. The van der Waals surface area contributed by atoms with Crippen LogP contribution in [0.4, 0.5) is 5.69 Å². The molecule has 22 heavy (non-hydrogen) atoms. The van der Waals surface area contributed by atoms with Crippen LogP contribution in [-0.2, 0) is 0 Å². The van der Waals surface area contributed by atoms with Crippen molar-refractivity contribution in [1.82, 2.24) is 0 Å². The maximum absolute atomic E-state index is 12.9. The topological polar surface area (TPSA) is 40.5 Å². The number of hydrogen-bond donors (Lipinski definition) is 1. The van der Waals surface area contributed by atoms with Gasteiger partial charge in [0.1, 0.15) is 0 Å². The molecule has 0 aromatic heterocycles. The third-order valence-corrected chi connectivity index (χ3v) is 4.52. The Bertz CT molecular complexity index is 736. The molecule has 1 aliphatic heterocycles. The molecule has 0 radical (unpaired) electrons. The highest BCUT2D eigenvalue weighted by Crippen LogP contribution is 2.37. The summed E-state index contributed by atoms with van der Waals surface area (Å²) >= 11 is 0. The van der Waals surface area contributed by atoms with E-state index in [1.54, 1.807) is 0 Å². The van der Waals surface area contributed by atoms with Crippen LogP contribution < -0.4 is 4.90 Å². The molecule has 2 aromatic carbocycles. The first-order valence-corrected chi connectivity index (χ1v) is 7.65. The predicted octanol–water partition coefficient (Wildman–Crippen LogP) is 3.70. The number of para-hydroxylation sites is 1. The van der Waals surface area contributed by atoms with Gasteiger partial charge in [-0.1, -0.05) is 24.3 Å². The van der Waals surface area contributed by atoms with Gasteiger partial charge in [0.2, 0.25) is 0 Å². The van der Waals surface area contributed by atoms with E-state index < -0.39 is 6.10 Å². The highest BCUT2D eigenvalue weighted by atomic mass is 16.3. The van der Waals surface area contributed by atoms with Crippen molar-refractivity contribution in [3.8, 4) is 0 Å². The summed E-state index contributed by atoms with van der Waals surface area (Å²) in [5, 5.41) is 10.2. The summed E-state index contributed by atoms with van der Waals surface area (Å²) in [6.07, 6.45) is 0.0891. The molecule has 3 nitrogen and oxygen atoms in total. The third kappa shape index (κ3) is 2.42. The molecule has 3 rings (SSSR count). The van der Waals surface area contributed by atoms with Crippen molar-refractivity contribution in [3.63, 3.8) is 0 Å². The van der Waals surface area contributed by atoms with Crippen LogP contribution in [-0.4, -0.2) is 17.6 Å². The molecule has 1 amide bonds. The van der Waals surface area contributed by atoms with Crippen molar-refractivity contribution in [1.29, 1.82) is 0 Å². The number of amides is 1. The summed E-state index contributed by atoms with van der Waals surface area (Å²) in [5.74, 6) is 0.00514. The van der Waals surface area contributed by atoms with E-state index in [0.29, 0.717) is 18.5 Å². The minimum absolute atomic E-state index is 0.00514. The fraction of sp³-hybridized carbons (Fsp3) is 0.316. The average molecular weight is 295 g/mol. The van der Waals surface area contributed by atoms with Gasteiger partial charge in [-0.2, -0.15) is 0 Å². The third-order valence-electron chi connectivity index (χ3n) is 4.52. The van der Waals surface area contributed by atoms with E-state index in [9.17, 15) is 9.90 Å². The molecule has 1 atom stereocenters. The number of anilines is 1. The van der Waals surface area contributed by atoms with Crippen LogP contribution in [0.15, 0.2) is 36.4 Å². The van der Waals surface area contributed by atoms with E-state index in [2.05, 4.69) is 0 Å². The Hall–Kier alpha value is -2.13. The second-order valence-corrected chi connectivity index (χ2v) is 6.07. The van der Waals surface area contributed by atoms with E-state index in [1.165, 1.54) is 5.56 Å². The van der Waals surface area contributed by atoms with E-state index in [0.717, 1.165) is 22.4 Å². The van der Waals surface area contributed by atoms with E-state index >= 15 is 0 Å². The van der Waals surface area contributed by atoms with Crippen LogP contribution in [0.1, 0.15) is 45.1 Å². The number of aryl methyl sites for hydroxylation is 3. The number of fused-ring (bicyclic) bond motifs is 1. The zero-order valence-electron chi connectivity index (χ0n) is 13.3. The van der Waals surface area contributed by atoms with Crippen LogP contribution in [0, 0.1) is 20.8 Å². The van der Waals surface area contributed by atoms with Gasteiger partial charge >= 0.3 is 0 Å². The standard InChI is InChI=1S/C19H21NO2/c1-12-7-8-15(11-14(12)3)19(22)20-10-9-17(21)16-6-4-5-13(2)18(16)20/h4-8,11,17,21H,9-10H2,1-3H3. The SMILES string of the molecule is Cc1ccc(C(=O)N2CCC(O)c3cccc(C)c32)cc1C. The summed E-state index contributed by atoms with van der Waals surface area (Å²) in [7, 11) is 0. The summed E-state index contributed by atoms with van der Waals surface area (Å²) < 4.78 is 0. The molecule has 1 aliphatic rings. The van der Waals surface area contributed by atoms with Gasteiger partial charge in [0.05, 0.1) is 11.8 Å². The zero-order chi connectivity index (χ0) is 15.9.